The van der Waals surface area contributed by atoms with Crippen LogP contribution in [-0.4, -0.2) is 15.9 Å². The monoisotopic (exact) mass is 379 g/mol. The smallest absolute Gasteiger partial charge is 0.322 e. The summed E-state index contributed by atoms with van der Waals surface area (Å²) in [4.78, 5) is 30.6. The molecule has 2 aromatic heterocycles. The zero-order chi connectivity index (χ0) is 18.8. The molecule has 2 heterocycles. The Morgan fingerprint density at radius 2 is 1.78 bits per heavy atom. The third kappa shape index (κ3) is 3.88. The average Bonchev–Trinajstić information content (AvgIpc) is 3.26. The Hall–Kier alpha value is -3.45. The molecule has 0 spiro atoms. The number of rotatable bonds is 4. The Morgan fingerprint density at radius 1 is 1.00 bits per heavy atom. The minimum atomic E-state index is -0.289. The molecule has 0 aliphatic heterocycles. The fraction of sp³-hybridized carbons (Fsp3) is 0. The molecular weight excluding hydrogens is 365 g/mol. The van der Waals surface area contributed by atoms with E-state index in [0.29, 0.717) is 16.7 Å². The lowest BCUT2D eigenvalue weighted by molar-refractivity contribution is -0.111. The maximum absolute atomic E-state index is 13.0. The van der Waals surface area contributed by atoms with Crippen LogP contribution in [0.5, 0.6) is 0 Å². The first-order valence-electron chi connectivity index (χ1n) is 8.14. The number of aromatic amines is 2. The summed E-state index contributed by atoms with van der Waals surface area (Å²) in [6, 6.07) is 15.3. The molecule has 27 heavy (non-hydrogen) atoms. The normalized spacial score (nSPS) is 11.3. The molecule has 0 fully saturated rings. The first-order valence-corrected chi connectivity index (χ1v) is 8.95. The fourth-order valence-corrected chi connectivity index (χ4v) is 3.58. The van der Waals surface area contributed by atoms with Crippen LogP contribution >= 0.6 is 11.3 Å². The lowest BCUT2D eigenvalue weighted by Gasteiger charge is -2.01. The van der Waals surface area contributed by atoms with Crippen molar-refractivity contribution in [3.63, 3.8) is 0 Å². The van der Waals surface area contributed by atoms with Crippen LogP contribution < -0.4 is 11.0 Å². The Bertz CT molecular complexity index is 1200. The number of thiophene rings is 1. The number of benzene rings is 2. The molecular formula is C20H14FN3O2S. The summed E-state index contributed by atoms with van der Waals surface area (Å²) in [5.74, 6) is -0.544. The van der Waals surface area contributed by atoms with E-state index < -0.39 is 0 Å². The number of nitrogens with one attached hydrogen (secondary N) is 3. The summed E-state index contributed by atoms with van der Waals surface area (Å²) in [5.41, 5.74) is 2.54. The lowest BCUT2D eigenvalue weighted by Crippen LogP contribution is -2.07. The van der Waals surface area contributed by atoms with Gasteiger partial charge in [0.15, 0.2) is 0 Å². The molecule has 0 unspecified atom stereocenters. The highest BCUT2D eigenvalue weighted by molar-refractivity contribution is 7.16. The van der Waals surface area contributed by atoms with E-state index in [2.05, 4.69) is 15.3 Å². The number of amides is 1. The Kier molecular flexibility index (Phi) is 4.43. The minimum Gasteiger partial charge on any atom is -0.322 e. The predicted octanol–water partition coefficient (Wildman–Crippen LogP) is 4.38. The molecule has 1 amide bonds. The molecule has 2 aromatic carbocycles. The SMILES string of the molecule is O=C(/C=C\c1ccc(-c2ccc(F)cc2)s1)Nc1ccc2[nH]c(=O)[nH]c2c1. The maximum Gasteiger partial charge on any atom is 0.323 e. The number of anilines is 1. The van der Waals surface area contributed by atoms with Crippen molar-refractivity contribution in [2.75, 3.05) is 5.32 Å². The van der Waals surface area contributed by atoms with Gasteiger partial charge in [-0.25, -0.2) is 9.18 Å². The zero-order valence-corrected chi connectivity index (χ0v) is 14.8. The van der Waals surface area contributed by atoms with Gasteiger partial charge < -0.3 is 15.3 Å². The summed E-state index contributed by atoms with van der Waals surface area (Å²) < 4.78 is 13.0. The topological polar surface area (TPSA) is 77.8 Å². The van der Waals surface area contributed by atoms with Crippen molar-refractivity contribution >= 4 is 40.0 Å². The van der Waals surface area contributed by atoms with Gasteiger partial charge >= 0.3 is 5.69 Å². The molecule has 5 nitrogen and oxygen atoms in total. The van der Waals surface area contributed by atoms with Crippen molar-refractivity contribution in [1.29, 1.82) is 0 Å². The van der Waals surface area contributed by atoms with E-state index in [-0.39, 0.29) is 17.4 Å². The number of H-pyrrole nitrogens is 2. The van der Waals surface area contributed by atoms with Crippen LogP contribution in [0.1, 0.15) is 4.88 Å². The largest absolute Gasteiger partial charge is 0.323 e. The standard InChI is InChI=1S/C20H14FN3O2S/c21-13-3-1-12(2-4-13)18-9-6-15(27-18)7-10-19(25)22-14-5-8-16-17(11-14)24-20(26)23-16/h1-11H,(H,22,25)(H2,23,24,26)/b10-7-. The highest BCUT2D eigenvalue weighted by atomic mass is 32.1. The number of carbonyl (C=O) groups is 1. The molecule has 0 aliphatic carbocycles. The Morgan fingerprint density at radius 3 is 2.59 bits per heavy atom. The molecule has 0 atom stereocenters. The third-order valence-electron chi connectivity index (χ3n) is 3.94. The van der Waals surface area contributed by atoms with Gasteiger partial charge in [-0.2, -0.15) is 0 Å². The molecule has 0 saturated heterocycles. The van der Waals surface area contributed by atoms with Gasteiger partial charge in [-0.15, -0.1) is 11.3 Å². The van der Waals surface area contributed by atoms with Crippen LogP contribution in [0, 0.1) is 5.82 Å². The van der Waals surface area contributed by atoms with Gasteiger partial charge in [0.05, 0.1) is 11.0 Å². The van der Waals surface area contributed by atoms with Crippen molar-refractivity contribution in [2.45, 2.75) is 0 Å². The molecule has 0 radical (unpaired) electrons. The number of fused-ring (bicyclic) bond motifs is 1. The van der Waals surface area contributed by atoms with Gasteiger partial charge in [-0.1, -0.05) is 12.1 Å². The maximum atomic E-state index is 13.0. The van der Waals surface area contributed by atoms with E-state index in [9.17, 15) is 14.0 Å². The van der Waals surface area contributed by atoms with E-state index in [0.717, 1.165) is 15.3 Å². The van der Waals surface area contributed by atoms with Gasteiger partial charge in [0, 0.05) is 21.5 Å². The summed E-state index contributed by atoms with van der Waals surface area (Å²) in [6.07, 6.45) is 3.17. The molecule has 7 heteroatoms. The molecule has 0 bridgehead atoms. The predicted molar refractivity (Wildman–Crippen MR) is 106 cm³/mol. The average molecular weight is 379 g/mol. The molecule has 0 saturated carbocycles. The Labute approximate surface area is 157 Å². The van der Waals surface area contributed by atoms with Crippen LogP contribution in [0.4, 0.5) is 10.1 Å². The molecule has 3 N–H and O–H groups in total. The highest BCUT2D eigenvalue weighted by Gasteiger charge is 2.04. The Balaban J connectivity index is 1.45. The van der Waals surface area contributed by atoms with Crippen molar-refractivity contribution < 1.29 is 9.18 Å². The molecule has 4 aromatic rings. The number of carbonyl (C=O) groups excluding carboxylic acids is 1. The quantitative estimate of drug-likeness (QED) is 0.460. The van der Waals surface area contributed by atoms with Crippen LogP contribution in [0.3, 0.4) is 0 Å². The summed E-state index contributed by atoms with van der Waals surface area (Å²) in [6.45, 7) is 0. The molecule has 4 rings (SSSR count). The first-order chi connectivity index (χ1) is 13.1. The molecule has 0 aliphatic rings. The summed E-state index contributed by atoms with van der Waals surface area (Å²) in [5, 5.41) is 2.76. The van der Waals surface area contributed by atoms with Gasteiger partial charge in [0.1, 0.15) is 5.82 Å². The van der Waals surface area contributed by atoms with E-state index >= 15 is 0 Å². The van der Waals surface area contributed by atoms with Crippen molar-refractivity contribution in [3.8, 4) is 10.4 Å². The van der Waals surface area contributed by atoms with E-state index in [4.69, 9.17) is 0 Å². The van der Waals surface area contributed by atoms with Crippen LogP contribution in [-0.2, 0) is 4.79 Å². The zero-order valence-electron chi connectivity index (χ0n) is 14.0. The number of imidazole rings is 1. The van der Waals surface area contributed by atoms with Crippen LogP contribution in [0.2, 0.25) is 0 Å². The van der Waals surface area contributed by atoms with Gasteiger partial charge in [-0.05, 0) is 54.1 Å². The number of hydrogen-bond acceptors (Lipinski definition) is 3. The summed E-state index contributed by atoms with van der Waals surface area (Å²) >= 11 is 1.51. The van der Waals surface area contributed by atoms with Crippen LogP contribution in [0.15, 0.2) is 65.5 Å². The number of halogens is 1. The van der Waals surface area contributed by atoms with Gasteiger partial charge in [0.25, 0.3) is 0 Å². The number of aromatic nitrogens is 2. The van der Waals surface area contributed by atoms with Crippen molar-refractivity contribution in [3.05, 3.63) is 81.9 Å². The lowest BCUT2D eigenvalue weighted by atomic mass is 10.2. The molecule has 134 valence electrons. The van der Waals surface area contributed by atoms with Crippen molar-refractivity contribution in [2.24, 2.45) is 0 Å². The third-order valence-corrected chi connectivity index (χ3v) is 5.04. The van der Waals surface area contributed by atoms with E-state index in [1.54, 1.807) is 36.4 Å². The highest BCUT2D eigenvalue weighted by Crippen LogP contribution is 2.29. The number of hydrogen-bond donors (Lipinski definition) is 3. The first kappa shape index (κ1) is 17.0. The fourth-order valence-electron chi connectivity index (χ4n) is 2.66. The second-order valence-electron chi connectivity index (χ2n) is 5.87. The second kappa shape index (κ2) is 7.05. The van der Waals surface area contributed by atoms with Crippen LogP contribution in [0.25, 0.3) is 27.6 Å². The minimum absolute atomic E-state index is 0.269. The second-order valence-corrected chi connectivity index (χ2v) is 6.99. The van der Waals surface area contributed by atoms with E-state index in [1.807, 2.05) is 12.1 Å². The summed E-state index contributed by atoms with van der Waals surface area (Å²) in [7, 11) is 0. The van der Waals surface area contributed by atoms with Gasteiger partial charge in [-0.3, -0.25) is 4.79 Å². The van der Waals surface area contributed by atoms with Crippen molar-refractivity contribution in [1.82, 2.24) is 9.97 Å². The van der Waals surface area contributed by atoms with Gasteiger partial charge in [0.2, 0.25) is 5.91 Å². The van der Waals surface area contributed by atoms with E-state index in [1.165, 1.54) is 29.5 Å².